The Morgan fingerprint density at radius 2 is 2.69 bits per heavy atom. The zero-order valence-electron chi connectivity index (χ0n) is 11.6. The van der Waals surface area contributed by atoms with Crippen LogP contribution in [-0.2, 0) is 6.98 Å². The van der Waals surface area contributed by atoms with E-state index in [1.165, 1.54) is 0 Å². The van der Waals surface area contributed by atoms with Crippen molar-refractivity contribution in [3.8, 4) is 5.88 Å². The molecule has 1 saturated carbocycles. The first-order valence-electron chi connectivity index (χ1n) is 6.25. The Kier molecular flexibility index (Phi) is 1.64. The van der Waals surface area contributed by atoms with E-state index >= 15 is 0 Å². The Labute approximate surface area is 96.0 Å². The third-order valence-corrected chi connectivity index (χ3v) is 2.72. The van der Waals surface area contributed by atoms with Crippen LogP contribution < -0.4 is 4.74 Å². The second kappa shape index (κ2) is 3.44. The standard InChI is InChI=1S/C9H13N3O4/c1-9(13)4-3-7(9)16-8-6(12(14)15)5-11(2)10-8/h5,7,13H,3-4H2,1-2H3/i2D3. The lowest BCUT2D eigenvalue weighted by Crippen LogP contribution is -2.52. The highest BCUT2D eigenvalue weighted by Crippen LogP contribution is 2.37. The number of aromatic nitrogens is 2. The Morgan fingerprint density at radius 1 is 1.94 bits per heavy atom. The topological polar surface area (TPSA) is 90.4 Å². The molecule has 16 heavy (non-hydrogen) atoms. The minimum atomic E-state index is -2.62. The molecule has 88 valence electrons. The third kappa shape index (κ3) is 1.73. The minimum absolute atomic E-state index is 0.383. The van der Waals surface area contributed by atoms with Crippen LogP contribution in [0.2, 0.25) is 0 Å². The number of aliphatic hydroxyl groups is 1. The van der Waals surface area contributed by atoms with Crippen LogP contribution in [0.1, 0.15) is 23.9 Å². The van der Waals surface area contributed by atoms with Gasteiger partial charge in [-0.15, -0.1) is 5.10 Å². The quantitative estimate of drug-likeness (QED) is 0.607. The van der Waals surface area contributed by atoms with Gasteiger partial charge in [-0.3, -0.25) is 14.8 Å². The molecule has 0 spiro atoms. The molecule has 1 aliphatic rings. The molecule has 2 rings (SSSR count). The molecule has 1 N–H and O–H groups in total. The molecule has 0 aromatic carbocycles. The van der Waals surface area contributed by atoms with Crippen LogP contribution >= 0.6 is 0 Å². The normalized spacial score (nSPS) is 32.1. The Bertz CT molecular complexity index is 511. The number of rotatable bonds is 3. The van der Waals surface area contributed by atoms with Gasteiger partial charge in [-0.2, -0.15) is 0 Å². The van der Waals surface area contributed by atoms with Crippen molar-refractivity contribution in [2.75, 3.05) is 0 Å². The summed E-state index contributed by atoms with van der Waals surface area (Å²) in [7, 11) is 0. The molecule has 1 aromatic heterocycles. The van der Waals surface area contributed by atoms with E-state index in [1.54, 1.807) is 6.92 Å². The smallest absolute Gasteiger partial charge is 0.350 e. The predicted molar refractivity (Wildman–Crippen MR) is 54.1 cm³/mol. The summed E-state index contributed by atoms with van der Waals surface area (Å²) < 4.78 is 27.2. The highest BCUT2D eigenvalue weighted by molar-refractivity contribution is 5.38. The van der Waals surface area contributed by atoms with E-state index in [9.17, 15) is 15.2 Å². The number of ether oxygens (including phenoxy) is 1. The molecule has 0 amide bonds. The van der Waals surface area contributed by atoms with Crippen LogP contribution in [0.4, 0.5) is 5.69 Å². The second-order valence-electron chi connectivity index (χ2n) is 4.02. The highest BCUT2D eigenvalue weighted by Gasteiger charge is 2.44. The highest BCUT2D eigenvalue weighted by atomic mass is 16.6. The first kappa shape index (κ1) is 7.61. The summed E-state index contributed by atoms with van der Waals surface area (Å²) in [4.78, 5) is 10.1. The fourth-order valence-electron chi connectivity index (χ4n) is 1.56. The monoisotopic (exact) mass is 230 g/mol. The van der Waals surface area contributed by atoms with Crippen molar-refractivity contribution in [2.45, 2.75) is 31.5 Å². The number of hydrogen-bond acceptors (Lipinski definition) is 5. The van der Waals surface area contributed by atoms with Crippen LogP contribution in [0, 0.1) is 10.1 Å². The molecule has 0 bridgehead atoms. The average molecular weight is 230 g/mol. The van der Waals surface area contributed by atoms with E-state index in [4.69, 9.17) is 8.85 Å². The van der Waals surface area contributed by atoms with Gasteiger partial charge in [0.15, 0.2) is 0 Å². The molecular weight excluding hydrogens is 214 g/mol. The van der Waals surface area contributed by atoms with Crippen LogP contribution in [-0.4, -0.2) is 31.5 Å². The first-order valence-corrected chi connectivity index (χ1v) is 4.75. The number of aryl methyl sites for hydroxylation is 1. The molecule has 2 unspecified atom stereocenters. The van der Waals surface area contributed by atoms with Crippen LogP contribution in [0.3, 0.4) is 0 Å². The van der Waals surface area contributed by atoms with Gasteiger partial charge in [-0.1, -0.05) is 0 Å². The minimum Gasteiger partial charge on any atom is -0.465 e. The fourth-order valence-corrected chi connectivity index (χ4v) is 1.56. The Hall–Kier alpha value is -1.63. The third-order valence-electron chi connectivity index (χ3n) is 2.72. The van der Waals surface area contributed by atoms with Crippen LogP contribution in [0.25, 0.3) is 0 Å². The van der Waals surface area contributed by atoms with Gasteiger partial charge in [-0.05, 0) is 19.8 Å². The Balaban J connectivity index is 2.29. The molecule has 0 saturated heterocycles. The molecule has 1 aliphatic carbocycles. The van der Waals surface area contributed by atoms with Gasteiger partial charge in [-0.25, -0.2) is 0 Å². The maximum Gasteiger partial charge on any atom is 0.350 e. The molecule has 2 atom stereocenters. The Morgan fingerprint density at radius 3 is 3.12 bits per heavy atom. The summed E-state index contributed by atoms with van der Waals surface area (Å²) in [5.41, 5.74) is -1.60. The number of nitro groups is 1. The van der Waals surface area contributed by atoms with Gasteiger partial charge in [0.25, 0.3) is 0 Å². The largest absolute Gasteiger partial charge is 0.465 e. The SMILES string of the molecule is [2H]C([2H])([2H])n1cc([N+](=O)[O-])c(OC2CCC2(C)O)n1. The van der Waals surface area contributed by atoms with Gasteiger partial charge in [0, 0.05) is 11.1 Å². The maximum absolute atomic E-state index is 10.8. The van der Waals surface area contributed by atoms with Crippen molar-refractivity contribution in [2.24, 2.45) is 6.98 Å². The van der Waals surface area contributed by atoms with Crippen molar-refractivity contribution in [3.63, 3.8) is 0 Å². The van der Waals surface area contributed by atoms with Crippen LogP contribution in [0.15, 0.2) is 6.20 Å². The summed E-state index contributed by atoms with van der Waals surface area (Å²) in [5, 5.41) is 24.2. The van der Waals surface area contributed by atoms with E-state index in [-0.39, 0.29) is 5.88 Å². The zero-order valence-corrected chi connectivity index (χ0v) is 8.58. The van der Waals surface area contributed by atoms with Gasteiger partial charge in [0.1, 0.15) is 12.3 Å². The van der Waals surface area contributed by atoms with Crippen molar-refractivity contribution in [1.29, 1.82) is 0 Å². The molecular formula is C9H13N3O4. The molecule has 1 aromatic rings. The maximum atomic E-state index is 10.8. The lowest BCUT2D eigenvalue weighted by atomic mass is 9.79. The number of nitrogens with zero attached hydrogens (tertiary/aromatic N) is 3. The van der Waals surface area contributed by atoms with Gasteiger partial charge in [0.2, 0.25) is 0 Å². The lowest BCUT2D eigenvalue weighted by Gasteiger charge is -2.41. The molecule has 7 heteroatoms. The van der Waals surface area contributed by atoms with E-state index in [1.807, 2.05) is 0 Å². The van der Waals surface area contributed by atoms with Gasteiger partial charge < -0.3 is 9.84 Å². The van der Waals surface area contributed by atoms with Crippen molar-refractivity contribution in [3.05, 3.63) is 16.3 Å². The summed E-state index contributed by atoms with van der Waals surface area (Å²) >= 11 is 0. The van der Waals surface area contributed by atoms with Crippen molar-refractivity contribution >= 4 is 5.69 Å². The molecule has 0 aliphatic heterocycles. The second-order valence-corrected chi connectivity index (χ2v) is 4.02. The van der Waals surface area contributed by atoms with Crippen molar-refractivity contribution < 1.29 is 18.9 Å². The van der Waals surface area contributed by atoms with E-state index < -0.39 is 29.3 Å². The average Bonchev–Trinajstić information content (AvgIpc) is 2.68. The first-order chi connectivity index (χ1) is 8.61. The summed E-state index contributed by atoms with van der Waals surface area (Å²) in [6.45, 7) is -1.07. The van der Waals surface area contributed by atoms with Gasteiger partial charge in [0.05, 0.1) is 10.5 Å². The van der Waals surface area contributed by atoms with Crippen molar-refractivity contribution in [1.82, 2.24) is 9.78 Å². The molecule has 1 heterocycles. The predicted octanol–water partition coefficient (Wildman–Crippen LogP) is 0.620. The fraction of sp³-hybridized carbons (Fsp3) is 0.667. The summed E-state index contributed by atoms with van der Waals surface area (Å²) in [5.74, 6) is -0.383. The van der Waals surface area contributed by atoms with E-state index in [2.05, 4.69) is 5.10 Å². The molecule has 7 nitrogen and oxygen atoms in total. The number of hydrogen-bond donors (Lipinski definition) is 1. The summed E-state index contributed by atoms with van der Waals surface area (Å²) in [6.07, 6.45) is 1.23. The van der Waals surface area contributed by atoms with E-state index in [0.29, 0.717) is 17.5 Å². The van der Waals surface area contributed by atoms with Crippen LogP contribution in [0.5, 0.6) is 5.88 Å². The summed E-state index contributed by atoms with van der Waals surface area (Å²) in [6, 6.07) is 0. The zero-order chi connectivity index (χ0) is 14.4. The molecule has 0 radical (unpaired) electrons. The van der Waals surface area contributed by atoms with E-state index in [0.717, 1.165) is 6.20 Å². The van der Waals surface area contributed by atoms with Gasteiger partial charge >= 0.3 is 11.6 Å². The lowest BCUT2D eigenvalue weighted by molar-refractivity contribution is -0.386. The molecule has 1 fully saturated rings.